The Bertz CT molecular complexity index is 1110. The zero-order valence-electron chi connectivity index (χ0n) is 18.3. The molecule has 0 unspecified atom stereocenters. The number of hydrogen-bond acceptors (Lipinski definition) is 4. The number of aryl methyl sites for hydroxylation is 3. The third-order valence-electron chi connectivity index (χ3n) is 5.39. The Morgan fingerprint density at radius 2 is 1.81 bits per heavy atom. The van der Waals surface area contributed by atoms with E-state index in [9.17, 15) is 18.0 Å². The summed E-state index contributed by atoms with van der Waals surface area (Å²) < 4.78 is 28.7. The lowest BCUT2D eigenvalue weighted by Gasteiger charge is -2.22. The van der Waals surface area contributed by atoms with Crippen molar-refractivity contribution in [2.24, 2.45) is 5.92 Å². The smallest absolute Gasteiger partial charge is 0.242 e. The molecule has 0 aliphatic carbocycles. The quantitative estimate of drug-likeness (QED) is 0.635. The van der Waals surface area contributed by atoms with Crippen LogP contribution < -0.4 is 15.4 Å². The fraction of sp³-hybridized carbons (Fsp3) is 0.391. The largest absolute Gasteiger partial charge is 0.326 e. The first-order valence-electron chi connectivity index (χ1n) is 10.4. The number of carbonyl (C=O) groups excluding carboxylic acids is 2. The second-order valence-corrected chi connectivity index (χ2v) is 10.1. The van der Waals surface area contributed by atoms with E-state index in [1.54, 1.807) is 26.0 Å². The van der Waals surface area contributed by atoms with Gasteiger partial charge >= 0.3 is 0 Å². The van der Waals surface area contributed by atoms with E-state index in [-0.39, 0.29) is 16.7 Å². The highest BCUT2D eigenvalue weighted by molar-refractivity contribution is 7.89. The molecule has 31 heavy (non-hydrogen) atoms. The Hall–Kier alpha value is -2.71. The van der Waals surface area contributed by atoms with Crippen LogP contribution in [-0.4, -0.2) is 26.3 Å². The SMILES string of the molecule is Cc1ccc(C)c(NC(=O)[C@@H](NS(=O)(=O)c2ccc3c(c2)CCCC(=O)N3)C(C)C)c1. The Kier molecular flexibility index (Phi) is 6.81. The average molecular weight is 444 g/mol. The first-order valence-corrected chi connectivity index (χ1v) is 11.9. The number of hydrogen-bond donors (Lipinski definition) is 3. The molecule has 7 nitrogen and oxygen atoms in total. The monoisotopic (exact) mass is 443 g/mol. The summed E-state index contributed by atoms with van der Waals surface area (Å²) in [5.41, 5.74) is 3.97. The van der Waals surface area contributed by atoms with Crippen LogP contribution in [0.15, 0.2) is 41.3 Å². The van der Waals surface area contributed by atoms with E-state index in [0.29, 0.717) is 30.6 Å². The van der Waals surface area contributed by atoms with E-state index in [2.05, 4.69) is 15.4 Å². The first-order chi connectivity index (χ1) is 14.6. The van der Waals surface area contributed by atoms with E-state index in [0.717, 1.165) is 16.7 Å². The van der Waals surface area contributed by atoms with Gasteiger partial charge in [0.15, 0.2) is 0 Å². The fourth-order valence-corrected chi connectivity index (χ4v) is 4.92. The second-order valence-electron chi connectivity index (χ2n) is 8.37. The summed E-state index contributed by atoms with van der Waals surface area (Å²) >= 11 is 0. The van der Waals surface area contributed by atoms with Gasteiger partial charge in [-0.05, 0) is 73.6 Å². The lowest BCUT2D eigenvalue weighted by molar-refractivity contribution is -0.118. The molecule has 0 saturated carbocycles. The minimum Gasteiger partial charge on any atom is -0.326 e. The summed E-state index contributed by atoms with van der Waals surface area (Å²) in [7, 11) is -3.94. The van der Waals surface area contributed by atoms with E-state index in [1.807, 2.05) is 32.0 Å². The Morgan fingerprint density at radius 3 is 2.52 bits per heavy atom. The van der Waals surface area contributed by atoms with Crippen LogP contribution in [0, 0.1) is 19.8 Å². The second kappa shape index (κ2) is 9.20. The molecular weight excluding hydrogens is 414 g/mol. The number of nitrogens with one attached hydrogen (secondary N) is 3. The maximum Gasteiger partial charge on any atom is 0.242 e. The lowest BCUT2D eigenvalue weighted by Crippen LogP contribution is -2.47. The van der Waals surface area contributed by atoms with Crippen molar-refractivity contribution in [3.63, 3.8) is 0 Å². The van der Waals surface area contributed by atoms with Gasteiger partial charge in [0.1, 0.15) is 6.04 Å². The highest BCUT2D eigenvalue weighted by Gasteiger charge is 2.29. The molecule has 0 saturated heterocycles. The van der Waals surface area contributed by atoms with Crippen LogP contribution >= 0.6 is 0 Å². The molecule has 3 N–H and O–H groups in total. The molecule has 0 radical (unpaired) electrons. The van der Waals surface area contributed by atoms with E-state index < -0.39 is 22.0 Å². The molecule has 1 aliphatic heterocycles. The molecule has 1 heterocycles. The van der Waals surface area contributed by atoms with E-state index in [4.69, 9.17) is 0 Å². The van der Waals surface area contributed by atoms with Crippen molar-refractivity contribution < 1.29 is 18.0 Å². The summed E-state index contributed by atoms with van der Waals surface area (Å²) in [5.74, 6) is -0.746. The molecule has 1 atom stereocenters. The fourth-order valence-electron chi connectivity index (χ4n) is 3.53. The van der Waals surface area contributed by atoms with Crippen LogP contribution in [0.1, 0.15) is 43.4 Å². The summed E-state index contributed by atoms with van der Waals surface area (Å²) in [6.07, 6.45) is 1.67. The van der Waals surface area contributed by atoms with Gasteiger partial charge in [0.25, 0.3) is 0 Å². The van der Waals surface area contributed by atoms with Crippen LogP contribution in [0.4, 0.5) is 11.4 Å². The van der Waals surface area contributed by atoms with Crippen LogP contribution in [-0.2, 0) is 26.0 Å². The summed E-state index contributed by atoms with van der Waals surface area (Å²) in [4.78, 5) is 24.8. The molecule has 2 amide bonds. The molecule has 166 valence electrons. The predicted octanol–water partition coefficient (Wildman–Crippen LogP) is 3.52. The third kappa shape index (κ3) is 5.51. The summed E-state index contributed by atoms with van der Waals surface area (Å²) in [5, 5.41) is 5.65. The van der Waals surface area contributed by atoms with Gasteiger partial charge in [0.2, 0.25) is 21.8 Å². The summed E-state index contributed by atoms with van der Waals surface area (Å²) in [6, 6.07) is 9.41. The number of sulfonamides is 1. The van der Waals surface area contributed by atoms with Crippen molar-refractivity contribution >= 4 is 33.2 Å². The van der Waals surface area contributed by atoms with Crippen molar-refractivity contribution in [3.05, 3.63) is 53.1 Å². The molecule has 0 spiro atoms. The van der Waals surface area contributed by atoms with Crippen molar-refractivity contribution in [3.8, 4) is 0 Å². The number of carbonyl (C=O) groups is 2. The van der Waals surface area contributed by atoms with Gasteiger partial charge in [0.05, 0.1) is 4.90 Å². The number of fused-ring (bicyclic) bond motifs is 1. The van der Waals surface area contributed by atoms with Gasteiger partial charge in [0, 0.05) is 17.8 Å². The summed E-state index contributed by atoms with van der Waals surface area (Å²) in [6.45, 7) is 7.40. The third-order valence-corrected chi connectivity index (χ3v) is 6.83. The topological polar surface area (TPSA) is 104 Å². The van der Waals surface area contributed by atoms with Crippen molar-refractivity contribution in [1.29, 1.82) is 0 Å². The maximum absolute atomic E-state index is 13.1. The Labute approximate surface area is 183 Å². The van der Waals surface area contributed by atoms with Gasteiger partial charge in [-0.3, -0.25) is 9.59 Å². The number of rotatable bonds is 6. The number of benzene rings is 2. The minimum atomic E-state index is -3.94. The Balaban J connectivity index is 1.83. The van der Waals surface area contributed by atoms with Crippen molar-refractivity contribution in [2.45, 2.75) is 57.9 Å². The van der Waals surface area contributed by atoms with Crippen LogP contribution in [0.5, 0.6) is 0 Å². The molecule has 0 bridgehead atoms. The van der Waals surface area contributed by atoms with Crippen molar-refractivity contribution in [2.75, 3.05) is 10.6 Å². The first kappa shape index (κ1) is 23.0. The van der Waals surface area contributed by atoms with Gasteiger partial charge in [-0.25, -0.2) is 8.42 Å². The molecule has 2 aromatic carbocycles. The van der Waals surface area contributed by atoms with Crippen LogP contribution in [0.3, 0.4) is 0 Å². The zero-order chi connectivity index (χ0) is 22.8. The minimum absolute atomic E-state index is 0.0736. The normalized spacial score (nSPS) is 15.1. The molecule has 8 heteroatoms. The standard InChI is InChI=1S/C23H29N3O4S/c1-14(2)22(23(28)25-20-12-15(3)8-9-16(20)4)26-31(29,30)18-10-11-19-17(13-18)6-5-7-21(27)24-19/h8-14,22,26H,5-7H2,1-4H3,(H,24,27)(H,25,28)/t22-/m0/s1. The molecule has 0 fully saturated rings. The highest BCUT2D eigenvalue weighted by atomic mass is 32.2. The lowest BCUT2D eigenvalue weighted by atomic mass is 10.0. The van der Waals surface area contributed by atoms with Crippen molar-refractivity contribution in [1.82, 2.24) is 4.72 Å². The molecule has 3 rings (SSSR count). The molecule has 1 aliphatic rings. The van der Waals surface area contributed by atoms with Crippen LogP contribution in [0.2, 0.25) is 0 Å². The zero-order valence-corrected chi connectivity index (χ0v) is 19.1. The molecule has 0 aromatic heterocycles. The predicted molar refractivity (Wildman–Crippen MR) is 122 cm³/mol. The van der Waals surface area contributed by atoms with Gasteiger partial charge in [-0.2, -0.15) is 4.72 Å². The van der Waals surface area contributed by atoms with Crippen LogP contribution in [0.25, 0.3) is 0 Å². The number of amides is 2. The maximum atomic E-state index is 13.1. The highest BCUT2D eigenvalue weighted by Crippen LogP contribution is 2.26. The average Bonchev–Trinajstić information content (AvgIpc) is 2.88. The van der Waals surface area contributed by atoms with Gasteiger partial charge in [-0.1, -0.05) is 26.0 Å². The van der Waals surface area contributed by atoms with E-state index >= 15 is 0 Å². The van der Waals surface area contributed by atoms with Gasteiger partial charge < -0.3 is 10.6 Å². The number of anilines is 2. The Morgan fingerprint density at radius 1 is 1.06 bits per heavy atom. The molecule has 2 aromatic rings. The van der Waals surface area contributed by atoms with Gasteiger partial charge in [-0.15, -0.1) is 0 Å². The molecular formula is C23H29N3O4S. The van der Waals surface area contributed by atoms with E-state index in [1.165, 1.54) is 6.07 Å².